The van der Waals surface area contributed by atoms with E-state index in [1.54, 1.807) is 11.8 Å². The molecule has 136 valence electrons. The van der Waals surface area contributed by atoms with Crippen LogP contribution in [-0.4, -0.2) is 33.6 Å². The van der Waals surface area contributed by atoms with Gasteiger partial charge in [-0.3, -0.25) is 9.59 Å². The Hall–Kier alpha value is -2.52. The number of nitrogens with zero attached hydrogens (tertiary/aromatic N) is 2. The second-order valence-electron chi connectivity index (χ2n) is 6.08. The van der Waals surface area contributed by atoms with Crippen molar-refractivity contribution >= 4 is 17.7 Å². The molecule has 0 unspecified atom stereocenters. The predicted molar refractivity (Wildman–Crippen MR) is 105 cm³/mol. The van der Waals surface area contributed by atoms with Gasteiger partial charge in [0, 0.05) is 24.2 Å². The normalized spacial score (nSPS) is 10.4. The smallest absolute Gasteiger partial charge is 0.254 e. The summed E-state index contributed by atoms with van der Waals surface area (Å²) >= 11 is 1.38. The van der Waals surface area contributed by atoms with Gasteiger partial charge in [0.25, 0.3) is 5.56 Å². The molecule has 0 aliphatic rings. The topological polar surface area (TPSA) is 66.1 Å². The number of nitrogens with one attached hydrogen (secondary N) is 1. The molecular formula is C20H23N3O2S. The van der Waals surface area contributed by atoms with E-state index in [2.05, 4.69) is 15.9 Å². The van der Waals surface area contributed by atoms with Crippen molar-refractivity contribution < 1.29 is 4.79 Å². The van der Waals surface area contributed by atoms with Crippen LogP contribution in [0.2, 0.25) is 0 Å². The van der Waals surface area contributed by atoms with E-state index in [0.29, 0.717) is 29.4 Å². The standard InChI is InChI=1S/C20H23N3O2S/c1-5-12-23(13-16-8-6-14(2)7-9-16)18(24)11-10-17-15(3)21-20(26-4)22-19(17)25/h1,6-9H,10-13H2,2-4H3,(H,21,22,25). The molecule has 1 aromatic carbocycles. The molecule has 0 spiro atoms. The molecule has 5 nitrogen and oxygen atoms in total. The highest BCUT2D eigenvalue weighted by atomic mass is 32.2. The summed E-state index contributed by atoms with van der Waals surface area (Å²) in [5, 5.41) is 0.580. The van der Waals surface area contributed by atoms with Gasteiger partial charge in [-0.15, -0.1) is 6.42 Å². The first-order chi connectivity index (χ1) is 12.4. The summed E-state index contributed by atoms with van der Waals surface area (Å²) in [6, 6.07) is 8.00. The maximum Gasteiger partial charge on any atom is 0.254 e. The summed E-state index contributed by atoms with van der Waals surface area (Å²) < 4.78 is 0. The summed E-state index contributed by atoms with van der Waals surface area (Å²) in [5.41, 5.74) is 3.22. The van der Waals surface area contributed by atoms with Crippen molar-refractivity contribution in [3.8, 4) is 12.3 Å². The minimum Gasteiger partial charge on any atom is -0.327 e. The van der Waals surface area contributed by atoms with Crippen LogP contribution in [0.4, 0.5) is 0 Å². The lowest BCUT2D eigenvalue weighted by Crippen LogP contribution is -2.31. The molecule has 0 fully saturated rings. The number of H-pyrrole nitrogens is 1. The van der Waals surface area contributed by atoms with E-state index in [0.717, 1.165) is 5.56 Å². The van der Waals surface area contributed by atoms with Crippen LogP contribution in [0.25, 0.3) is 0 Å². The van der Waals surface area contributed by atoms with Crippen molar-refractivity contribution in [1.82, 2.24) is 14.9 Å². The summed E-state index contributed by atoms with van der Waals surface area (Å²) in [6.07, 6.45) is 7.84. The Kier molecular flexibility index (Phi) is 7.05. The van der Waals surface area contributed by atoms with E-state index in [9.17, 15) is 9.59 Å². The van der Waals surface area contributed by atoms with Crippen molar-refractivity contribution in [2.24, 2.45) is 0 Å². The highest BCUT2D eigenvalue weighted by Crippen LogP contribution is 2.12. The van der Waals surface area contributed by atoms with Gasteiger partial charge in [-0.1, -0.05) is 47.5 Å². The number of hydrogen-bond acceptors (Lipinski definition) is 4. The van der Waals surface area contributed by atoms with Crippen molar-refractivity contribution in [2.75, 3.05) is 12.8 Å². The molecule has 0 aliphatic heterocycles. The molecule has 1 aromatic heterocycles. The average molecular weight is 369 g/mol. The first-order valence-corrected chi connectivity index (χ1v) is 9.57. The number of amides is 1. The minimum absolute atomic E-state index is 0.0729. The van der Waals surface area contributed by atoms with Gasteiger partial charge in [-0.25, -0.2) is 4.98 Å². The Morgan fingerprint density at radius 3 is 2.58 bits per heavy atom. The molecule has 0 bridgehead atoms. The zero-order valence-corrected chi connectivity index (χ0v) is 16.2. The molecule has 0 saturated heterocycles. The Balaban J connectivity index is 2.07. The van der Waals surface area contributed by atoms with Gasteiger partial charge in [-0.2, -0.15) is 0 Å². The third kappa shape index (κ3) is 5.24. The molecule has 2 rings (SSSR count). The van der Waals surface area contributed by atoms with Gasteiger partial charge in [-0.05, 0) is 32.1 Å². The highest BCUT2D eigenvalue weighted by molar-refractivity contribution is 7.98. The van der Waals surface area contributed by atoms with E-state index in [4.69, 9.17) is 6.42 Å². The Labute approximate surface area is 158 Å². The molecule has 2 aromatic rings. The van der Waals surface area contributed by atoms with Crippen LogP contribution in [0.3, 0.4) is 0 Å². The quantitative estimate of drug-likeness (QED) is 0.463. The number of benzene rings is 1. The maximum atomic E-state index is 12.6. The third-order valence-electron chi connectivity index (χ3n) is 4.11. The highest BCUT2D eigenvalue weighted by Gasteiger charge is 2.16. The fraction of sp³-hybridized carbons (Fsp3) is 0.350. The van der Waals surface area contributed by atoms with Crippen molar-refractivity contribution in [3.05, 3.63) is 57.0 Å². The number of carbonyl (C=O) groups excluding carboxylic acids is 1. The van der Waals surface area contributed by atoms with E-state index in [-0.39, 0.29) is 24.4 Å². The molecular weight excluding hydrogens is 346 g/mol. The van der Waals surface area contributed by atoms with Gasteiger partial charge in [0.1, 0.15) is 0 Å². The molecule has 1 heterocycles. The van der Waals surface area contributed by atoms with Crippen LogP contribution in [0.1, 0.15) is 28.8 Å². The molecule has 0 aliphatic carbocycles. The fourth-order valence-corrected chi connectivity index (χ4v) is 3.05. The Morgan fingerprint density at radius 2 is 2.00 bits per heavy atom. The third-order valence-corrected chi connectivity index (χ3v) is 4.69. The molecule has 0 radical (unpaired) electrons. The van der Waals surface area contributed by atoms with Crippen LogP contribution < -0.4 is 5.56 Å². The van der Waals surface area contributed by atoms with E-state index >= 15 is 0 Å². The molecule has 1 amide bonds. The monoisotopic (exact) mass is 369 g/mol. The molecule has 1 N–H and O–H groups in total. The van der Waals surface area contributed by atoms with E-state index in [1.165, 1.54) is 17.3 Å². The summed E-state index contributed by atoms with van der Waals surface area (Å²) in [7, 11) is 0. The van der Waals surface area contributed by atoms with Gasteiger partial charge < -0.3 is 9.88 Å². The lowest BCUT2D eigenvalue weighted by Gasteiger charge is -2.20. The molecule has 0 atom stereocenters. The first kappa shape index (κ1) is 19.8. The fourth-order valence-electron chi connectivity index (χ4n) is 2.62. The van der Waals surface area contributed by atoms with Gasteiger partial charge in [0.05, 0.1) is 6.54 Å². The summed E-state index contributed by atoms with van der Waals surface area (Å²) in [5.74, 6) is 2.47. The second-order valence-corrected chi connectivity index (χ2v) is 6.87. The number of aromatic amines is 1. The summed E-state index contributed by atoms with van der Waals surface area (Å²) in [6.45, 7) is 4.51. The number of rotatable bonds is 7. The Bertz CT molecular complexity index is 866. The van der Waals surface area contributed by atoms with Crippen molar-refractivity contribution in [2.45, 2.75) is 38.4 Å². The SMILES string of the molecule is C#CCN(Cc1ccc(C)cc1)C(=O)CCc1c(C)nc(SC)[nH]c1=O. The van der Waals surface area contributed by atoms with E-state index < -0.39 is 0 Å². The van der Waals surface area contributed by atoms with Crippen molar-refractivity contribution in [3.63, 3.8) is 0 Å². The zero-order valence-electron chi connectivity index (χ0n) is 15.3. The number of aryl methyl sites for hydroxylation is 2. The first-order valence-electron chi connectivity index (χ1n) is 8.35. The Morgan fingerprint density at radius 1 is 1.31 bits per heavy atom. The number of thioether (sulfide) groups is 1. The van der Waals surface area contributed by atoms with Gasteiger partial charge >= 0.3 is 0 Å². The van der Waals surface area contributed by atoms with Crippen molar-refractivity contribution in [1.29, 1.82) is 0 Å². The molecule has 6 heteroatoms. The zero-order chi connectivity index (χ0) is 19.1. The molecule has 0 saturated carbocycles. The summed E-state index contributed by atoms with van der Waals surface area (Å²) in [4.78, 5) is 33.5. The lowest BCUT2D eigenvalue weighted by atomic mass is 10.1. The van der Waals surface area contributed by atoms with Gasteiger partial charge in [0.15, 0.2) is 5.16 Å². The largest absolute Gasteiger partial charge is 0.327 e. The predicted octanol–water partition coefficient (Wildman–Crippen LogP) is 2.70. The average Bonchev–Trinajstić information content (AvgIpc) is 2.62. The maximum absolute atomic E-state index is 12.6. The van der Waals surface area contributed by atoms with Crippen LogP contribution >= 0.6 is 11.8 Å². The number of aromatic nitrogens is 2. The minimum atomic E-state index is -0.184. The number of carbonyl (C=O) groups is 1. The molecule has 26 heavy (non-hydrogen) atoms. The van der Waals surface area contributed by atoms with Crippen LogP contribution in [-0.2, 0) is 17.8 Å². The van der Waals surface area contributed by atoms with Crippen LogP contribution in [0.15, 0.2) is 34.2 Å². The number of hydrogen-bond donors (Lipinski definition) is 1. The lowest BCUT2D eigenvalue weighted by molar-refractivity contribution is -0.131. The van der Waals surface area contributed by atoms with Crippen LogP contribution in [0.5, 0.6) is 0 Å². The van der Waals surface area contributed by atoms with Gasteiger partial charge in [0.2, 0.25) is 5.91 Å². The second kappa shape index (κ2) is 9.25. The van der Waals surface area contributed by atoms with Crippen LogP contribution in [0, 0.1) is 26.2 Å². The number of terminal acetylenes is 1. The van der Waals surface area contributed by atoms with E-state index in [1.807, 2.05) is 37.4 Å².